The highest BCUT2D eigenvalue weighted by Crippen LogP contribution is 2.51. The van der Waals surface area contributed by atoms with Gasteiger partial charge in [-0.05, 0) is 13.3 Å². The molecule has 2 aliphatic rings. The van der Waals surface area contributed by atoms with Gasteiger partial charge >= 0.3 is 5.97 Å². The maximum absolute atomic E-state index is 13.0. The van der Waals surface area contributed by atoms with Crippen LogP contribution >= 0.6 is 11.3 Å². The quantitative estimate of drug-likeness (QED) is 0.607. The van der Waals surface area contributed by atoms with Crippen LogP contribution in [0.25, 0.3) is 0 Å². The Labute approximate surface area is 150 Å². The number of carbonyl (C=O) groups excluding carboxylic acids is 3. The van der Waals surface area contributed by atoms with E-state index in [1.54, 1.807) is 13.1 Å². The monoisotopic (exact) mass is 365 g/mol. The third-order valence-electron chi connectivity index (χ3n) is 5.25. The van der Waals surface area contributed by atoms with E-state index in [1.807, 2.05) is 12.3 Å². The smallest absolute Gasteiger partial charge is 0.326 e. The SMILES string of the molecule is CCCC[C@@]1(C(=O)OC)N[C@H](c2nccs2)[C@@H]2C(=O)N(CC)C(=O)[C@@H]21. The molecule has 0 spiro atoms. The number of hydrogen-bond acceptors (Lipinski definition) is 7. The topological polar surface area (TPSA) is 88.6 Å². The van der Waals surface area contributed by atoms with Crippen LogP contribution in [0.4, 0.5) is 0 Å². The number of amides is 2. The lowest BCUT2D eigenvalue weighted by Gasteiger charge is -2.32. The van der Waals surface area contributed by atoms with Crippen LogP contribution in [0.3, 0.4) is 0 Å². The van der Waals surface area contributed by atoms with E-state index in [0.29, 0.717) is 13.0 Å². The van der Waals surface area contributed by atoms with Crippen LogP contribution in [0.5, 0.6) is 0 Å². The van der Waals surface area contributed by atoms with Crippen molar-refractivity contribution in [2.75, 3.05) is 13.7 Å². The number of imide groups is 1. The maximum Gasteiger partial charge on any atom is 0.326 e. The highest BCUT2D eigenvalue weighted by molar-refractivity contribution is 7.09. The average Bonchev–Trinajstić information content (AvgIpc) is 3.30. The fourth-order valence-electron chi connectivity index (χ4n) is 4.13. The van der Waals surface area contributed by atoms with E-state index >= 15 is 0 Å². The molecule has 136 valence electrons. The number of aromatic nitrogens is 1. The highest BCUT2D eigenvalue weighted by atomic mass is 32.1. The molecule has 2 saturated heterocycles. The highest BCUT2D eigenvalue weighted by Gasteiger charge is 2.68. The Morgan fingerprint density at radius 2 is 2.16 bits per heavy atom. The first-order chi connectivity index (χ1) is 12.0. The summed E-state index contributed by atoms with van der Waals surface area (Å²) in [6.07, 6.45) is 3.75. The molecule has 2 fully saturated rings. The molecule has 0 bridgehead atoms. The second kappa shape index (κ2) is 6.84. The van der Waals surface area contributed by atoms with Crippen molar-refractivity contribution in [1.29, 1.82) is 0 Å². The van der Waals surface area contributed by atoms with E-state index in [1.165, 1.54) is 23.3 Å². The van der Waals surface area contributed by atoms with Gasteiger partial charge in [-0.25, -0.2) is 4.98 Å². The fourth-order valence-corrected chi connectivity index (χ4v) is 4.87. The number of ether oxygens (including phenoxy) is 1. The van der Waals surface area contributed by atoms with Gasteiger partial charge in [-0.1, -0.05) is 19.8 Å². The van der Waals surface area contributed by atoms with E-state index in [2.05, 4.69) is 10.3 Å². The molecule has 0 unspecified atom stereocenters. The summed E-state index contributed by atoms with van der Waals surface area (Å²) in [7, 11) is 1.32. The second-order valence-corrected chi connectivity index (χ2v) is 7.41. The van der Waals surface area contributed by atoms with Crippen molar-refractivity contribution in [3.63, 3.8) is 0 Å². The molecule has 1 aromatic heterocycles. The number of thiazole rings is 1. The number of likely N-dealkylation sites (tertiary alicyclic amines) is 1. The van der Waals surface area contributed by atoms with Gasteiger partial charge < -0.3 is 4.74 Å². The Balaban J connectivity index is 2.11. The normalized spacial score (nSPS) is 31.5. The van der Waals surface area contributed by atoms with Crippen LogP contribution in [0.1, 0.15) is 44.2 Å². The summed E-state index contributed by atoms with van der Waals surface area (Å²) in [4.78, 5) is 44.2. The molecular weight excluding hydrogens is 342 g/mol. The molecule has 8 heteroatoms. The zero-order chi connectivity index (χ0) is 18.2. The summed E-state index contributed by atoms with van der Waals surface area (Å²) in [5.74, 6) is -2.35. The molecule has 1 N–H and O–H groups in total. The Hall–Kier alpha value is -1.80. The third kappa shape index (κ3) is 2.58. The Morgan fingerprint density at radius 1 is 1.40 bits per heavy atom. The first kappa shape index (κ1) is 18.0. The van der Waals surface area contributed by atoms with E-state index < -0.39 is 29.4 Å². The molecule has 0 saturated carbocycles. The van der Waals surface area contributed by atoms with Crippen molar-refractivity contribution in [1.82, 2.24) is 15.2 Å². The number of unbranched alkanes of at least 4 members (excludes halogenated alkanes) is 1. The van der Waals surface area contributed by atoms with Crippen molar-refractivity contribution in [3.8, 4) is 0 Å². The molecule has 4 atom stereocenters. The summed E-state index contributed by atoms with van der Waals surface area (Å²) in [6, 6.07) is -0.450. The number of esters is 1. The van der Waals surface area contributed by atoms with E-state index in [-0.39, 0.29) is 11.8 Å². The van der Waals surface area contributed by atoms with Gasteiger partial charge in [0.05, 0.1) is 25.0 Å². The van der Waals surface area contributed by atoms with Crippen LogP contribution in [0, 0.1) is 11.8 Å². The van der Waals surface area contributed by atoms with Crippen LogP contribution in [0.15, 0.2) is 11.6 Å². The Kier molecular flexibility index (Phi) is 4.92. The summed E-state index contributed by atoms with van der Waals surface area (Å²) in [5, 5.41) is 5.85. The minimum absolute atomic E-state index is 0.229. The molecule has 2 aliphatic heterocycles. The predicted octanol–water partition coefficient (Wildman–Crippen LogP) is 1.51. The summed E-state index contributed by atoms with van der Waals surface area (Å²) in [5.41, 5.74) is -1.18. The van der Waals surface area contributed by atoms with Gasteiger partial charge in [0.2, 0.25) is 11.8 Å². The van der Waals surface area contributed by atoms with Crippen molar-refractivity contribution in [2.45, 2.75) is 44.7 Å². The Morgan fingerprint density at radius 3 is 2.72 bits per heavy atom. The van der Waals surface area contributed by atoms with Gasteiger partial charge in [0.15, 0.2) is 0 Å². The number of methoxy groups -OCH3 is 1. The number of rotatable bonds is 6. The van der Waals surface area contributed by atoms with Gasteiger partial charge in [-0.2, -0.15) is 0 Å². The molecule has 1 aromatic rings. The lowest BCUT2D eigenvalue weighted by molar-refractivity contribution is -0.154. The first-order valence-electron chi connectivity index (χ1n) is 8.62. The zero-order valence-electron chi connectivity index (χ0n) is 14.7. The molecule has 0 aliphatic carbocycles. The number of fused-ring (bicyclic) bond motifs is 1. The second-order valence-electron chi connectivity index (χ2n) is 6.48. The molecule has 25 heavy (non-hydrogen) atoms. The number of nitrogens with zero attached hydrogens (tertiary/aromatic N) is 2. The summed E-state index contributed by atoms with van der Waals surface area (Å²) >= 11 is 1.42. The van der Waals surface area contributed by atoms with Gasteiger partial charge in [-0.15, -0.1) is 11.3 Å². The van der Waals surface area contributed by atoms with Gasteiger partial charge in [0, 0.05) is 18.1 Å². The van der Waals surface area contributed by atoms with E-state index in [0.717, 1.165) is 17.8 Å². The molecular formula is C17H23N3O4S. The lowest BCUT2D eigenvalue weighted by Crippen LogP contribution is -2.56. The van der Waals surface area contributed by atoms with E-state index in [4.69, 9.17) is 4.74 Å². The number of hydrogen-bond donors (Lipinski definition) is 1. The third-order valence-corrected chi connectivity index (χ3v) is 6.11. The van der Waals surface area contributed by atoms with Crippen LogP contribution in [0.2, 0.25) is 0 Å². The molecule has 3 heterocycles. The summed E-state index contributed by atoms with van der Waals surface area (Å²) in [6.45, 7) is 4.10. The minimum atomic E-state index is -1.18. The van der Waals surface area contributed by atoms with Crippen molar-refractivity contribution in [2.24, 2.45) is 11.8 Å². The molecule has 0 radical (unpaired) electrons. The Bertz CT molecular complexity index is 677. The molecule has 2 amide bonds. The number of nitrogens with one attached hydrogen (secondary N) is 1. The van der Waals surface area contributed by atoms with Crippen LogP contribution < -0.4 is 5.32 Å². The summed E-state index contributed by atoms with van der Waals surface area (Å²) < 4.78 is 5.06. The van der Waals surface area contributed by atoms with Gasteiger partial charge in [-0.3, -0.25) is 24.6 Å². The predicted molar refractivity (Wildman–Crippen MR) is 91.6 cm³/mol. The van der Waals surface area contributed by atoms with Crippen LogP contribution in [-0.4, -0.2) is 46.9 Å². The fraction of sp³-hybridized carbons (Fsp3) is 0.647. The van der Waals surface area contributed by atoms with Gasteiger partial charge in [0.1, 0.15) is 10.5 Å². The van der Waals surface area contributed by atoms with Gasteiger partial charge in [0.25, 0.3) is 0 Å². The zero-order valence-corrected chi connectivity index (χ0v) is 15.5. The standard InChI is InChI=1S/C17H23N3O4S/c1-4-6-7-17(16(23)24-3)11-10(14(21)20(5-2)15(11)22)12(19-17)13-18-8-9-25-13/h8-12,19H,4-7H2,1-3H3/t10-,11-,12+,17-/m1/s1. The lowest BCUT2D eigenvalue weighted by atomic mass is 9.77. The minimum Gasteiger partial charge on any atom is -0.468 e. The van der Waals surface area contributed by atoms with Crippen molar-refractivity contribution < 1.29 is 19.1 Å². The molecule has 3 rings (SSSR count). The van der Waals surface area contributed by atoms with Crippen LogP contribution in [-0.2, 0) is 19.1 Å². The maximum atomic E-state index is 13.0. The van der Waals surface area contributed by atoms with Crippen molar-refractivity contribution in [3.05, 3.63) is 16.6 Å². The molecule has 0 aromatic carbocycles. The average molecular weight is 365 g/mol. The number of carbonyl (C=O) groups is 3. The largest absolute Gasteiger partial charge is 0.468 e. The van der Waals surface area contributed by atoms with E-state index in [9.17, 15) is 14.4 Å². The van der Waals surface area contributed by atoms with Crippen molar-refractivity contribution >= 4 is 29.1 Å². The first-order valence-corrected chi connectivity index (χ1v) is 9.50. The molecule has 7 nitrogen and oxygen atoms in total.